The Morgan fingerprint density at radius 2 is 2.31 bits per heavy atom. The summed E-state index contributed by atoms with van der Waals surface area (Å²) in [5.74, 6) is 0. The zero-order chi connectivity index (χ0) is 10.7. The van der Waals surface area contributed by atoms with E-state index in [9.17, 15) is 0 Å². The van der Waals surface area contributed by atoms with Gasteiger partial charge in [0.1, 0.15) is 0 Å². The molecule has 0 aliphatic carbocycles. The minimum atomic E-state index is 0. The molecule has 1 aliphatic heterocycles. The van der Waals surface area contributed by atoms with Gasteiger partial charge in [-0.3, -0.25) is 4.90 Å². The van der Waals surface area contributed by atoms with Crippen LogP contribution in [0.4, 0.5) is 0 Å². The van der Waals surface area contributed by atoms with Crippen molar-refractivity contribution >= 4 is 28.3 Å². The van der Waals surface area contributed by atoms with Gasteiger partial charge in [0.25, 0.3) is 0 Å². The third kappa shape index (κ3) is 3.74. The van der Waals surface area contributed by atoms with Crippen molar-refractivity contribution in [3.63, 3.8) is 0 Å². The van der Waals surface area contributed by atoms with Crippen molar-refractivity contribution in [3.05, 3.63) is 34.3 Å². The molecule has 1 fully saturated rings. The van der Waals surface area contributed by atoms with Crippen LogP contribution in [0.5, 0.6) is 0 Å². The number of halogens is 2. The normalized spacial score (nSPS) is 21.5. The van der Waals surface area contributed by atoms with Crippen LogP contribution in [0.25, 0.3) is 0 Å². The Hall–Kier alpha value is -0.0900. The molecule has 1 N–H and O–H groups in total. The van der Waals surface area contributed by atoms with Crippen LogP contribution < -0.4 is 5.32 Å². The Morgan fingerprint density at radius 1 is 1.50 bits per heavy atom. The van der Waals surface area contributed by atoms with E-state index in [2.05, 4.69) is 57.3 Å². The van der Waals surface area contributed by atoms with Crippen LogP contribution in [-0.2, 0) is 6.54 Å². The number of rotatable bonds is 2. The van der Waals surface area contributed by atoms with Crippen LogP contribution in [-0.4, -0.2) is 30.6 Å². The average Bonchev–Trinajstić information content (AvgIpc) is 2.22. The van der Waals surface area contributed by atoms with Crippen LogP contribution in [0.3, 0.4) is 0 Å². The summed E-state index contributed by atoms with van der Waals surface area (Å²) in [5.41, 5.74) is 1.39. The van der Waals surface area contributed by atoms with Gasteiger partial charge in [-0.1, -0.05) is 28.1 Å². The Kier molecular flexibility index (Phi) is 5.76. The Bertz CT molecular complexity index is 333. The van der Waals surface area contributed by atoms with E-state index >= 15 is 0 Å². The highest BCUT2D eigenvalue weighted by Crippen LogP contribution is 2.15. The molecule has 1 aromatic carbocycles. The minimum Gasteiger partial charge on any atom is -0.314 e. The molecule has 0 saturated carbocycles. The van der Waals surface area contributed by atoms with Gasteiger partial charge in [0, 0.05) is 36.7 Å². The molecule has 4 heteroatoms. The molecule has 0 spiro atoms. The first-order valence-electron chi connectivity index (χ1n) is 5.45. The minimum absolute atomic E-state index is 0. The lowest BCUT2D eigenvalue weighted by atomic mass is 10.1. The number of nitrogens with zero attached hydrogens (tertiary/aromatic N) is 1. The van der Waals surface area contributed by atoms with Gasteiger partial charge < -0.3 is 5.32 Å². The third-order valence-electron chi connectivity index (χ3n) is 2.91. The molecule has 90 valence electrons. The van der Waals surface area contributed by atoms with Crippen LogP contribution in [0.2, 0.25) is 0 Å². The molecule has 0 amide bonds. The molecule has 1 atom stereocenters. The topological polar surface area (TPSA) is 15.3 Å². The van der Waals surface area contributed by atoms with E-state index in [0.29, 0.717) is 6.04 Å². The SMILES string of the molecule is C[C@H]1CNCCN1Cc1cccc(Br)c1.Cl. The van der Waals surface area contributed by atoms with Gasteiger partial charge in [-0.15, -0.1) is 12.4 Å². The summed E-state index contributed by atoms with van der Waals surface area (Å²) in [7, 11) is 0. The van der Waals surface area contributed by atoms with E-state index in [1.165, 1.54) is 10.0 Å². The maximum atomic E-state index is 3.51. The first-order valence-corrected chi connectivity index (χ1v) is 6.24. The molecule has 0 aromatic heterocycles. The zero-order valence-corrected chi connectivity index (χ0v) is 11.9. The van der Waals surface area contributed by atoms with Gasteiger partial charge in [-0.05, 0) is 24.6 Å². The zero-order valence-electron chi connectivity index (χ0n) is 9.45. The first kappa shape index (κ1) is 14.0. The summed E-state index contributed by atoms with van der Waals surface area (Å²) in [6, 6.07) is 9.21. The predicted octanol–water partition coefficient (Wildman–Crippen LogP) is 2.66. The lowest BCUT2D eigenvalue weighted by Crippen LogP contribution is -2.49. The van der Waals surface area contributed by atoms with Gasteiger partial charge in [0.05, 0.1) is 0 Å². The highest BCUT2D eigenvalue weighted by atomic mass is 79.9. The number of hydrogen-bond donors (Lipinski definition) is 1. The fraction of sp³-hybridized carbons (Fsp3) is 0.500. The molecule has 1 aromatic rings. The second kappa shape index (κ2) is 6.60. The third-order valence-corrected chi connectivity index (χ3v) is 3.41. The summed E-state index contributed by atoms with van der Waals surface area (Å²) in [6.07, 6.45) is 0. The van der Waals surface area contributed by atoms with Crippen LogP contribution in [0, 0.1) is 0 Å². The van der Waals surface area contributed by atoms with Gasteiger partial charge in [0.15, 0.2) is 0 Å². The maximum Gasteiger partial charge on any atom is 0.0238 e. The van der Waals surface area contributed by atoms with Crippen molar-refractivity contribution < 1.29 is 0 Å². The van der Waals surface area contributed by atoms with Crippen molar-refractivity contribution in [1.29, 1.82) is 0 Å². The monoisotopic (exact) mass is 304 g/mol. The van der Waals surface area contributed by atoms with Crippen molar-refractivity contribution in [3.8, 4) is 0 Å². The molecule has 1 aliphatic rings. The summed E-state index contributed by atoms with van der Waals surface area (Å²) in [5, 5.41) is 3.41. The second-order valence-corrected chi connectivity index (χ2v) is 5.07. The summed E-state index contributed by atoms with van der Waals surface area (Å²) >= 11 is 3.51. The van der Waals surface area contributed by atoms with E-state index in [1.54, 1.807) is 0 Å². The van der Waals surface area contributed by atoms with Gasteiger partial charge in [-0.2, -0.15) is 0 Å². The Balaban J connectivity index is 0.00000128. The molecule has 16 heavy (non-hydrogen) atoms. The molecule has 0 radical (unpaired) electrons. The van der Waals surface area contributed by atoms with E-state index < -0.39 is 0 Å². The van der Waals surface area contributed by atoms with Crippen molar-refractivity contribution in [2.45, 2.75) is 19.5 Å². The number of piperazine rings is 1. The van der Waals surface area contributed by atoms with E-state index in [0.717, 1.165) is 26.2 Å². The number of benzene rings is 1. The smallest absolute Gasteiger partial charge is 0.0238 e. The molecule has 2 nitrogen and oxygen atoms in total. The molecule has 1 saturated heterocycles. The summed E-state index contributed by atoms with van der Waals surface area (Å²) in [4.78, 5) is 2.53. The molecule has 0 bridgehead atoms. The summed E-state index contributed by atoms with van der Waals surface area (Å²) in [6.45, 7) is 6.70. The first-order chi connectivity index (χ1) is 7.25. The molecular formula is C12H18BrClN2. The van der Waals surface area contributed by atoms with Crippen LogP contribution >= 0.6 is 28.3 Å². The van der Waals surface area contributed by atoms with Crippen LogP contribution in [0.1, 0.15) is 12.5 Å². The average molecular weight is 306 g/mol. The summed E-state index contributed by atoms with van der Waals surface area (Å²) < 4.78 is 1.17. The Morgan fingerprint density at radius 3 is 3.00 bits per heavy atom. The molecule has 0 unspecified atom stereocenters. The van der Waals surface area contributed by atoms with E-state index in [1.807, 2.05) is 0 Å². The van der Waals surface area contributed by atoms with E-state index in [-0.39, 0.29) is 12.4 Å². The van der Waals surface area contributed by atoms with Crippen molar-refractivity contribution in [2.24, 2.45) is 0 Å². The largest absolute Gasteiger partial charge is 0.314 e. The maximum absolute atomic E-state index is 3.51. The van der Waals surface area contributed by atoms with Gasteiger partial charge >= 0.3 is 0 Å². The molecule has 1 heterocycles. The highest BCUT2D eigenvalue weighted by molar-refractivity contribution is 9.10. The fourth-order valence-electron chi connectivity index (χ4n) is 1.99. The lowest BCUT2D eigenvalue weighted by Gasteiger charge is -2.33. The standard InChI is InChI=1S/C12H17BrN2.ClH/c1-10-8-14-5-6-15(10)9-11-3-2-4-12(13)7-11;/h2-4,7,10,14H,5-6,8-9H2,1H3;1H/t10-;/m0./s1. The van der Waals surface area contributed by atoms with Crippen molar-refractivity contribution in [1.82, 2.24) is 10.2 Å². The van der Waals surface area contributed by atoms with Gasteiger partial charge in [0.2, 0.25) is 0 Å². The molecule has 2 rings (SSSR count). The highest BCUT2D eigenvalue weighted by Gasteiger charge is 2.17. The van der Waals surface area contributed by atoms with Crippen LogP contribution in [0.15, 0.2) is 28.7 Å². The Labute approximate surface area is 112 Å². The lowest BCUT2D eigenvalue weighted by molar-refractivity contribution is 0.165. The predicted molar refractivity (Wildman–Crippen MR) is 74.1 cm³/mol. The second-order valence-electron chi connectivity index (χ2n) is 4.15. The van der Waals surface area contributed by atoms with Gasteiger partial charge in [-0.25, -0.2) is 0 Å². The van der Waals surface area contributed by atoms with Crippen molar-refractivity contribution in [2.75, 3.05) is 19.6 Å². The fourth-order valence-corrected chi connectivity index (χ4v) is 2.43. The number of hydrogen-bond acceptors (Lipinski definition) is 2. The molecular weight excluding hydrogens is 288 g/mol. The quantitative estimate of drug-likeness (QED) is 0.904. The number of nitrogens with one attached hydrogen (secondary N) is 1. The van der Waals surface area contributed by atoms with E-state index in [4.69, 9.17) is 0 Å².